The van der Waals surface area contributed by atoms with E-state index in [1.165, 1.54) is 0 Å². The molecule has 0 aromatic carbocycles. The number of nitrogens with zero attached hydrogens (tertiary/aromatic N) is 1. The Kier molecular flexibility index (Phi) is 8.28. The number of amides is 2. The minimum atomic E-state index is -0.273. The molecule has 6 nitrogen and oxygen atoms in total. The summed E-state index contributed by atoms with van der Waals surface area (Å²) in [5.74, 6) is 0.953. The molecule has 0 aliphatic heterocycles. The van der Waals surface area contributed by atoms with Crippen molar-refractivity contribution in [1.82, 2.24) is 10.3 Å². The predicted octanol–water partition coefficient (Wildman–Crippen LogP) is 3.05. The molecule has 0 spiro atoms. The van der Waals surface area contributed by atoms with Crippen LogP contribution in [0.3, 0.4) is 0 Å². The second kappa shape index (κ2) is 10.00. The Morgan fingerprint density at radius 1 is 1.32 bits per heavy atom. The molecule has 124 valence electrons. The lowest BCUT2D eigenvalue weighted by atomic mass is 10.2. The summed E-state index contributed by atoms with van der Waals surface area (Å²) in [6.45, 7) is 9.99. The number of hydrogen-bond donors (Lipinski definition) is 2. The van der Waals surface area contributed by atoms with Gasteiger partial charge in [-0.15, -0.1) is 0 Å². The molecule has 1 aromatic rings. The molecule has 22 heavy (non-hydrogen) atoms. The van der Waals surface area contributed by atoms with Crippen LogP contribution in [-0.2, 0) is 4.74 Å². The normalized spacial score (nSPS) is 10.8. The van der Waals surface area contributed by atoms with Crippen molar-refractivity contribution in [3.8, 4) is 5.88 Å². The van der Waals surface area contributed by atoms with Crippen LogP contribution in [0.1, 0.15) is 34.1 Å². The molecule has 6 heteroatoms. The van der Waals surface area contributed by atoms with Crippen LogP contribution in [0.2, 0.25) is 0 Å². The number of aromatic nitrogens is 1. The molecule has 0 unspecified atom stereocenters. The Hall–Kier alpha value is -1.82. The van der Waals surface area contributed by atoms with Gasteiger partial charge in [-0.3, -0.25) is 0 Å². The van der Waals surface area contributed by atoms with Crippen LogP contribution < -0.4 is 15.4 Å². The largest absolute Gasteiger partial charge is 0.473 e. The van der Waals surface area contributed by atoms with E-state index in [0.717, 1.165) is 13.0 Å². The molecule has 0 aliphatic carbocycles. The van der Waals surface area contributed by atoms with Gasteiger partial charge in [0.15, 0.2) is 0 Å². The molecule has 1 aromatic heterocycles. The second-order valence-corrected chi connectivity index (χ2v) is 5.73. The highest BCUT2D eigenvalue weighted by Crippen LogP contribution is 2.21. The third kappa shape index (κ3) is 7.83. The van der Waals surface area contributed by atoms with Gasteiger partial charge in [0.05, 0.1) is 6.10 Å². The first-order valence-corrected chi connectivity index (χ1v) is 7.73. The van der Waals surface area contributed by atoms with E-state index in [9.17, 15) is 4.79 Å². The van der Waals surface area contributed by atoms with Gasteiger partial charge in [-0.2, -0.15) is 0 Å². The fourth-order valence-corrected chi connectivity index (χ4v) is 1.66. The van der Waals surface area contributed by atoms with E-state index < -0.39 is 0 Å². The van der Waals surface area contributed by atoms with E-state index in [-0.39, 0.29) is 12.1 Å². The van der Waals surface area contributed by atoms with Crippen LogP contribution in [0, 0.1) is 5.92 Å². The van der Waals surface area contributed by atoms with E-state index in [4.69, 9.17) is 9.47 Å². The first-order chi connectivity index (χ1) is 10.5. The maximum atomic E-state index is 11.8. The van der Waals surface area contributed by atoms with E-state index >= 15 is 0 Å². The molecule has 1 rings (SSSR count). The van der Waals surface area contributed by atoms with Gasteiger partial charge in [0, 0.05) is 26.0 Å². The molecule has 0 radical (unpaired) electrons. The first-order valence-electron chi connectivity index (χ1n) is 7.73. The number of carbonyl (C=O) groups excluding carboxylic acids is 1. The van der Waals surface area contributed by atoms with Crippen LogP contribution >= 0.6 is 0 Å². The maximum absolute atomic E-state index is 11.8. The fraction of sp³-hybridized carbons (Fsp3) is 0.625. The van der Waals surface area contributed by atoms with E-state index in [0.29, 0.717) is 30.6 Å². The average Bonchev–Trinajstić information content (AvgIpc) is 2.44. The van der Waals surface area contributed by atoms with E-state index in [2.05, 4.69) is 29.5 Å². The molecule has 0 saturated heterocycles. The minimum absolute atomic E-state index is 0.00313. The monoisotopic (exact) mass is 309 g/mol. The Bertz CT molecular complexity index is 450. The number of ether oxygens (including phenoxy) is 2. The van der Waals surface area contributed by atoms with Gasteiger partial charge in [-0.05, 0) is 38.3 Å². The SMILES string of the molecule is CC(C)COCCCNC(=O)Nc1cccnc1OC(C)C. The van der Waals surface area contributed by atoms with Crippen molar-refractivity contribution in [3.63, 3.8) is 0 Å². The fourth-order valence-electron chi connectivity index (χ4n) is 1.66. The summed E-state index contributed by atoms with van der Waals surface area (Å²) in [5.41, 5.74) is 0.560. The summed E-state index contributed by atoms with van der Waals surface area (Å²) in [7, 11) is 0. The van der Waals surface area contributed by atoms with Crippen molar-refractivity contribution in [1.29, 1.82) is 0 Å². The van der Waals surface area contributed by atoms with Crippen LogP contribution in [0.5, 0.6) is 5.88 Å². The molecule has 0 saturated carbocycles. The zero-order valence-electron chi connectivity index (χ0n) is 13.9. The van der Waals surface area contributed by atoms with Gasteiger partial charge < -0.3 is 20.1 Å². The lowest BCUT2D eigenvalue weighted by Crippen LogP contribution is -2.30. The summed E-state index contributed by atoms with van der Waals surface area (Å²) >= 11 is 0. The van der Waals surface area contributed by atoms with Gasteiger partial charge >= 0.3 is 6.03 Å². The van der Waals surface area contributed by atoms with Crippen molar-refractivity contribution in [3.05, 3.63) is 18.3 Å². The van der Waals surface area contributed by atoms with Gasteiger partial charge in [0.1, 0.15) is 5.69 Å². The smallest absolute Gasteiger partial charge is 0.319 e. The lowest BCUT2D eigenvalue weighted by molar-refractivity contribution is 0.108. The standard InChI is InChI=1S/C16H27N3O3/c1-12(2)11-21-10-6-9-18-16(20)19-14-7-5-8-17-15(14)22-13(3)4/h5,7-8,12-13H,6,9-11H2,1-4H3,(H2,18,19,20). The van der Waals surface area contributed by atoms with Crippen molar-refractivity contribution in [2.75, 3.05) is 25.1 Å². The van der Waals surface area contributed by atoms with Gasteiger partial charge in [0.2, 0.25) is 5.88 Å². The maximum Gasteiger partial charge on any atom is 0.319 e. The van der Waals surface area contributed by atoms with Crippen LogP contribution in [0.4, 0.5) is 10.5 Å². The number of carbonyl (C=O) groups is 1. The van der Waals surface area contributed by atoms with Crippen LogP contribution in [0.15, 0.2) is 18.3 Å². The number of nitrogens with one attached hydrogen (secondary N) is 2. The molecule has 2 N–H and O–H groups in total. The van der Waals surface area contributed by atoms with Crippen molar-refractivity contribution in [2.24, 2.45) is 5.92 Å². The summed E-state index contributed by atoms with van der Waals surface area (Å²) in [6, 6.07) is 3.24. The third-order valence-corrected chi connectivity index (χ3v) is 2.57. The molecule has 0 bridgehead atoms. The molecule has 2 amide bonds. The molecule has 0 atom stereocenters. The summed E-state index contributed by atoms with van der Waals surface area (Å²) in [6.07, 6.45) is 2.41. The number of pyridine rings is 1. The Morgan fingerprint density at radius 2 is 2.09 bits per heavy atom. The van der Waals surface area contributed by atoms with Gasteiger partial charge in [0.25, 0.3) is 0 Å². The lowest BCUT2D eigenvalue weighted by Gasteiger charge is -2.14. The van der Waals surface area contributed by atoms with Gasteiger partial charge in [-0.1, -0.05) is 13.8 Å². The molecule has 0 aliphatic rings. The number of hydrogen-bond acceptors (Lipinski definition) is 4. The highest BCUT2D eigenvalue weighted by atomic mass is 16.5. The highest BCUT2D eigenvalue weighted by Gasteiger charge is 2.09. The minimum Gasteiger partial charge on any atom is -0.473 e. The zero-order valence-corrected chi connectivity index (χ0v) is 13.9. The number of rotatable bonds is 9. The average molecular weight is 309 g/mol. The van der Waals surface area contributed by atoms with Crippen LogP contribution in [-0.4, -0.2) is 36.9 Å². The Labute approximate surface area is 132 Å². The van der Waals surface area contributed by atoms with Crippen LogP contribution in [0.25, 0.3) is 0 Å². The summed E-state index contributed by atoms with van der Waals surface area (Å²) in [5, 5.41) is 5.53. The molecule has 0 fully saturated rings. The second-order valence-electron chi connectivity index (χ2n) is 5.73. The van der Waals surface area contributed by atoms with Crippen molar-refractivity contribution in [2.45, 2.75) is 40.2 Å². The van der Waals surface area contributed by atoms with E-state index in [1.54, 1.807) is 18.3 Å². The number of urea groups is 1. The quantitative estimate of drug-likeness (QED) is 0.688. The van der Waals surface area contributed by atoms with E-state index in [1.807, 2.05) is 13.8 Å². The highest BCUT2D eigenvalue weighted by molar-refractivity contribution is 5.90. The zero-order chi connectivity index (χ0) is 16.4. The number of anilines is 1. The molecular formula is C16H27N3O3. The Morgan fingerprint density at radius 3 is 2.77 bits per heavy atom. The Balaban J connectivity index is 2.30. The van der Waals surface area contributed by atoms with Crippen molar-refractivity contribution < 1.29 is 14.3 Å². The summed E-state index contributed by atoms with van der Waals surface area (Å²) < 4.78 is 11.0. The molecular weight excluding hydrogens is 282 g/mol. The molecule has 1 heterocycles. The van der Waals surface area contributed by atoms with Gasteiger partial charge in [-0.25, -0.2) is 9.78 Å². The topological polar surface area (TPSA) is 72.5 Å². The predicted molar refractivity (Wildman–Crippen MR) is 87.3 cm³/mol. The summed E-state index contributed by atoms with van der Waals surface area (Å²) in [4.78, 5) is 16.0. The first kappa shape index (κ1) is 18.2. The van der Waals surface area contributed by atoms with Crippen molar-refractivity contribution >= 4 is 11.7 Å². The third-order valence-electron chi connectivity index (χ3n) is 2.57.